The summed E-state index contributed by atoms with van der Waals surface area (Å²) in [6, 6.07) is 4.14. The second kappa shape index (κ2) is 5.40. The second-order valence-electron chi connectivity index (χ2n) is 3.85. The van der Waals surface area contributed by atoms with Crippen LogP contribution in [0.5, 0.6) is 0 Å². The van der Waals surface area contributed by atoms with Crippen molar-refractivity contribution in [1.29, 1.82) is 0 Å². The summed E-state index contributed by atoms with van der Waals surface area (Å²) >= 11 is 0. The van der Waals surface area contributed by atoms with Crippen molar-refractivity contribution in [2.75, 3.05) is 10.7 Å². The fraction of sp³-hybridized carbons (Fsp3) is 0.0833. The van der Waals surface area contributed by atoms with Gasteiger partial charge in [0.2, 0.25) is 0 Å². The maximum absolute atomic E-state index is 13.1. The minimum absolute atomic E-state index is 0.0825. The number of anilines is 2. The van der Waals surface area contributed by atoms with E-state index in [1.165, 1.54) is 24.5 Å². The second-order valence-corrected chi connectivity index (χ2v) is 3.85. The molecule has 4 N–H and O–H groups in total. The molecule has 1 aromatic carbocycles. The summed E-state index contributed by atoms with van der Waals surface area (Å²) in [7, 11) is 0. The Morgan fingerprint density at radius 2 is 2.16 bits per heavy atom. The number of carbonyl (C=O) groups excluding carboxylic acids is 1. The van der Waals surface area contributed by atoms with E-state index in [9.17, 15) is 9.18 Å². The van der Waals surface area contributed by atoms with E-state index >= 15 is 0 Å². The molecule has 7 heteroatoms. The lowest BCUT2D eigenvalue weighted by Crippen LogP contribution is -2.17. The highest BCUT2D eigenvalue weighted by molar-refractivity contribution is 6.03. The number of nitrogens with two attached hydrogens (primary N) is 1. The van der Waals surface area contributed by atoms with E-state index in [0.717, 1.165) is 5.56 Å². The number of benzene rings is 1. The van der Waals surface area contributed by atoms with Gasteiger partial charge < -0.3 is 10.7 Å². The van der Waals surface area contributed by atoms with Gasteiger partial charge in [-0.2, -0.15) is 0 Å². The number of halogens is 1. The summed E-state index contributed by atoms with van der Waals surface area (Å²) in [5.41, 5.74) is 3.51. The lowest BCUT2D eigenvalue weighted by atomic mass is 10.2. The van der Waals surface area contributed by atoms with Crippen molar-refractivity contribution in [3.63, 3.8) is 0 Å². The molecule has 98 valence electrons. The molecule has 1 amide bonds. The Labute approximate surface area is 108 Å². The van der Waals surface area contributed by atoms with Crippen molar-refractivity contribution in [2.45, 2.75) is 6.92 Å². The van der Waals surface area contributed by atoms with Gasteiger partial charge in [0.05, 0.1) is 12.4 Å². The Morgan fingerprint density at radius 1 is 1.37 bits per heavy atom. The molecular weight excluding hydrogens is 249 g/mol. The third-order valence-electron chi connectivity index (χ3n) is 2.46. The van der Waals surface area contributed by atoms with Crippen molar-refractivity contribution in [1.82, 2.24) is 9.97 Å². The number of hydrogen-bond donors (Lipinski definition) is 3. The number of rotatable bonds is 3. The normalized spacial score (nSPS) is 10.1. The predicted molar refractivity (Wildman–Crippen MR) is 68.9 cm³/mol. The van der Waals surface area contributed by atoms with Crippen LogP contribution in [-0.4, -0.2) is 15.9 Å². The third kappa shape index (κ3) is 3.02. The van der Waals surface area contributed by atoms with Crippen molar-refractivity contribution in [2.24, 2.45) is 5.84 Å². The van der Waals surface area contributed by atoms with Crippen molar-refractivity contribution < 1.29 is 9.18 Å². The minimum Gasteiger partial charge on any atom is -0.320 e. The number of nitrogens with one attached hydrogen (secondary N) is 2. The summed E-state index contributed by atoms with van der Waals surface area (Å²) in [5, 5.41) is 2.57. The molecule has 0 atom stereocenters. The molecule has 2 rings (SSSR count). The van der Waals surface area contributed by atoms with Gasteiger partial charge in [-0.15, -0.1) is 0 Å². The lowest BCUT2D eigenvalue weighted by molar-refractivity contribution is 0.102. The Hall–Kier alpha value is -2.54. The zero-order valence-electron chi connectivity index (χ0n) is 10.1. The topological polar surface area (TPSA) is 92.9 Å². The summed E-state index contributed by atoms with van der Waals surface area (Å²) in [5.74, 6) is 4.53. The molecule has 2 aromatic rings. The molecule has 0 fully saturated rings. The van der Waals surface area contributed by atoms with Crippen LogP contribution in [0.1, 0.15) is 16.1 Å². The lowest BCUT2D eigenvalue weighted by Gasteiger charge is -2.08. The molecule has 0 saturated heterocycles. The first-order valence-electron chi connectivity index (χ1n) is 5.46. The highest BCUT2D eigenvalue weighted by Gasteiger charge is 2.11. The van der Waals surface area contributed by atoms with Gasteiger partial charge in [-0.3, -0.25) is 9.78 Å². The number of nitrogen functional groups attached to an aromatic ring is 1. The highest BCUT2D eigenvalue weighted by Crippen LogP contribution is 2.16. The van der Waals surface area contributed by atoms with Crippen LogP contribution < -0.4 is 16.6 Å². The van der Waals surface area contributed by atoms with Gasteiger partial charge in [-0.1, -0.05) is 6.07 Å². The van der Waals surface area contributed by atoms with E-state index in [0.29, 0.717) is 5.69 Å². The number of nitrogens with zero attached hydrogens (tertiary/aromatic N) is 2. The van der Waals surface area contributed by atoms with Crippen LogP contribution in [0.2, 0.25) is 0 Å². The molecule has 6 nitrogen and oxygen atoms in total. The van der Waals surface area contributed by atoms with Crippen molar-refractivity contribution in [3.8, 4) is 0 Å². The molecule has 0 aliphatic heterocycles. The number of aromatic nitrogens is 2. The minimum atomic E-state index is -0.488. The first-order valence-corrected chi connectivity index (χ1v) is 5.46. The van der Waals surface area contributed by atoms with Crippen molar-refractivity contribution >= 4 is 17.4 Å². The summed E-state index contributed by atoms with van der Waals surface area (Å²) in [6.07, 6.45) is 2.68. The molecule has 0 aliphatic carbocycles. The van der Waals surface area contributed by atoms with Gasteiger partial charge in [0.25, 0.3) is 5.91 Å². The molecule has 0 saturated carbocycles. The highest BCUT2D eigenvalue weighted by atomic mass is 19.1. The van der Waals surface area contributed by atoms with Gasteiger partial charge in [0, 0.05) is 5.69 Å². The fourth-order valence-corrected chi connectivity index (χ4v) is 1.46. The van der Waals surface area contributed by atoms with Gasteiger partial charge in [-0.05, 0) is 24.6 Å². The Bertz CT molecular complexity index is 617. The quantitative estimate of drug-likeness (QED) is 0.574. The average Bonchev–Trinajstić information content (AvgIpc) is 2.43. The van der Waals surface area contributed by atoms with Gasteiger partial charge in [0.15, 0.2) is 5.82 Å². The van der Waals surface area contributed by atoms with E-state index in [2.05, 4.69) is 20.7 Å². The van der Waals surface area contributed by atoms with Crippen LogP contribution in [0.15, 0.2) is 30.6 Å². The molecule has 0 unspecified atom stereocenters. The summed E-state index contributed by atoms with van der Waals surface area (Å²) < 4.78 is 13.1. The Kier molecular flexibility index (Phi) is 3.67. The van der Waals surface area contributed by atoms with Crippen LogP contribution in [0, 0.1) is 12.7 Å². The van der Waals surface area contributed by atoms with E-state index in [4.69, 9.17) is 5.84 Å². The first-order chi connectivity index (χ1) is 9.10. The average molecular weight is 261 g/mol. The maximum Gasteiger partial charge on any atom is 0.275 e. The van der Waals surface area contributed by atoms with E-state index in [-0.39, 0.29) is 11.5 Å². The molecule has 0 aliphatic rings. The Balaban J connectivity index is 2.22. The molecule has 0 bridgehead atoms. The van der Waals surface area contributed by atoms with Crippen LogP contribution >= 0.6 is 0 Å². The molecular formula is C12H12FN5O. The van der Waals surface area contributed by atoms with Gasteiger partial charge in [0.1, 0.15) is 11.5 Å². The summed E-state index contributed by atoms with van der Waals surface area (Å²) in [4.78, 5) is 19.7. The largest absolute Gasteiger partial charge is 0.320 e. The summed E-state index contributed by atoms with van der Waals surface area (Å²) in [6.45, 7) is 1.76. The van der Waals surface area contributed by atoms with Crippen LogP contribution in [0.4, 0.5) is 15.9 Å². The van der Waals surface area contributed by atoms with Gasteiger partial charge in [-0.25, -0.2) is 15.2 Å². The molecule has 1 heterocycles. The standard InChI is InChI=1S/C12H12FN5O/c1-7-2-3-8(13)4-9(7)17-12(19)10-5-15-6-11(16-10)18-14/h2-6H,14H2,1H3,(H,16,18)(H,17,19). The van der Waals surface area contributed by atoms with E-state index < -0.39 is 11.7 Å². The van der Waals surface area contributed by atoms with Gasteiger partial charge >= 0.3 is 0 Å². The van der Waals surface area contributed by atoms with E-state index in [1.54, 1.807) is 13.0 Å². The molecule has 0 spiro atoms. The molecule has 1 aromatic heterocycles. The zero-order chi connectivity index (χ0) is 13.8. The number of hydrogen-bond acceptors (Lipinski definition) is 5. The fourth-order valence-electron chi connectivity index (χ4n) is 1.46. The monoisotopic (exact) mass is 261 g/mol. The first kappa shape index (κ1) is 12.9. The SMILES string of the molecule is Cc1ccc(F)cc1NC(=O)c1cncc(NN)n1. The maximum atomic E-state index is 13.1. The molecule has 0 radical (unpaired) electrons. The van der Waals surface area contributed by atoms with Crippen LogP contribution in [0.3, 0.4) is 0 Å². The zero-order valence-corrected chi connectivity index (χ0v) is 10.1. The number of carbonyl (C=O) groups is 1. The molecule has 19 heavy (non-hydrogen) atoms. The van der Waals surface area contributed by atoms with E-state index in [1.807, 2.05) is 0 Å². The predicted octanol–water partition coefficient (Wildman–Crippen LogP) is 1.46. The van der Waals surface area contributed by atoms with Crippen molar-refractivity contribution in [3.05, 3.63) is 47.7 Å². The van der Waals surface area contributed by atoms with Crippen LogP contribution in [0.25, 0.3) is 0 Å². The van der Waals surface area contributed by atoms with Crippen LogP contribution in [-0.2, 0) is 0 Å². The third-order valence-corrected chi connectivity index (χ3v) is 2.46. The number of amides is 1. The Morgan fingerprint density at radius 3 is 2.89 bits per heavy atom. The number of aryl methyl sites for hydroxylation is 1. The number of hydrazine groups is 1. The smallest absolute Gasteiger partial charge is 0.275 e.